The molecule has 0 unspecified atom stereocenters. The molecule has 0 aromatic carbocycles. The lowest BCUT2D eigenvalue weighted by Crippen LogP contribution is -2.39. The van der Waals surface area contributed by atoms with Crippen LogP contribution in [0, 0.1) is 12.3 Å². The zero-order valence-electron chi connectivity index (χ0n) is 14.8. The number of fused-ring (bicyclic) bond motifs is 1. The second-order valence-corrected chi connectivity index (χ2v) is 7.23. The summed E-state index contributed by atoms with van der Waals surface area (Å²) in [4.78, 5) is 19.1. The molecule has 0 radical (unpaired) electrons. The number of carbonyl (C=O) groups is 1. The van der Waals surface area contributed by atoms with E-state index in [4.69, 9.17) is 10.3 Å². The molecule has 126 valence electrons. The van der Waals surface area contributed by atoms with Crippen LogP contribution in [-0.4, -0.2) is 41.1 Å². The predicted molar refractivity (Wildman–Crippen MR) is 90.4 cm³/mol. The summed E-state index contributed by atoms with van der Waals surface area (Å²) in [5.41, 5.74) is 8.16. The van der Waals surface area contributed by atoms with Gasteiger partial charge in [-0.3, -0.25) is 4.79 Å². The molecule has 23 heavy (non-hydrogen) atoms. The fourth-order valence-corrected chi connectivity index (χ4v) is 2.56. The van der Waals surface area contributed by atoms with Crippen LogP contribution in [0.4, 0.5) is 0 Å². The first-order chi connectivity index (χ1) is 10.7. The minimum absolute atomic E-state index is 0.0628. The molecule has 2 aromatic rings. The van der Waals surface area contributed by atoms with E-state index < -0.39 is 0 Å². The number of hydrogen-bond donors (Lipinski definition) is 1. The Balaban J connectivity index is 2.48. The molecule has 2 rings (SSSR count). The quantitative estimate of drug-likeness (QED) is 0.916. The van der Waals surface area contributed by atoms with Crippen molar-refractivity contribution in [2.75, 3.05) is 20.1 Å². The van der Waals surface area contributed by atoms with E-state index in [-0.39, 0.29) is 17.2 Å². The molecule has 0 aliphatic rings. The normalized spacial score (nSPS) is 12.2. The minimum Gasteiger partial charge on any atom is -0.341 e. The van der Waals surface area contributed by atoms with Crippen molar-refractivity contribution in [3.05, 3.63) is 23.0 Å². The highest BCUT2D eigenvalue weighted by molar-refractivity contribution is 6.06. The maximum absolute atomic E-state index is 13.0. The molecule has 0 aliphatic carbocycles. The number of aryl methyl sites for hydroxylation is 1. The molecule has 0 spiro atoms. The SMILES string of the molecule is Cc1noc2nc(C(C)C)cc(C(=O)N(C)CC(C)(C)CN)c12. The van der Waals surface area contributed by atoms with Gasteiger partial charge in [-0.1, -0.05) is 32.9 Å². The highest BCUT2D eigenvalue weighted by Crippen LogP contribution is 2.26. The van der Waals surface area contributed by atoms with Crippen LogP contribution in [0.1, 0.15) is 55.4 Å². The monoisotopic (exact) mass is 318 g/mol. The van der Waals surface area contributed by atoms with Gasteiger partial charge in [-0.05, 0) is 30.9 Å². The van der Waals surface area contributed by atoms with Gasteiger partial charge in [-0.2, -0.15) is 0 Å². The third kappa shape index (κ3) is 3.52. The third-order valence-electron chi connectivity index (χ3n) is 4.02. The summed E-state index contributed by atoms with van der Waals surface area (Å²) < 4.78 is 5.28. The van der Waals surface area contributed by atoms with Gasteiger partial charge >= 0.3 is 0 Å². The van der Waals surface area contributed by atoms with E-state index >= 15 is 0 Å². The van der Waals surface area contributed by atoms with Gasteiger partial charge in [0.25, 0.3) is 11.6 Å². The summed E-state index contributed by atoms with van der Waals surface area (Å²) in [5.74, 6) is 0.134. The predicted octanol–water partition coefficient (Wildman–Crippen LogP) is 2.71. The Morgan fingerprint density at radius 2 is 2.09 bits per heavy atom. The van der Waals surface area contributed by atoms with Crippen LogP contribution in [0.3, 0.4) is 0 Å². The van der Waals surface area contributed by atoms with Crippen LogP contribution in [0.15, 0.2) is 10.6 Å². The van der Waals surface area contributed by atoms with Crippen LogP contribution in [0.25, 0.3) is 11.1 Å². The molecule has 0 bridgehead atoms. The number of amides is 1. The van der Waals surface area contributed by atoms with Gasteiger partial charge in [0, 0.05) is 19.3 Å². The van der Waals surface area contributed by atoms with Crippen molar-refractivity contribution in [2.24, 2.45) is 11.1 Å². The van der Waals surface area contributed by atoms with Gasteiger partial charge < -0.3 is 15.2 Å². The van der Waals surface area contributed by atoms with Crippen LogP contribution < -0.4 is 5.73 Å². The topological polar surface area (TPSA) is 85.2 Å². The third-order valence-corrected chi connectivity index (χ3v) is 4.02. The van der Waals surface area contributed by atoms with Gasteiger partial charge in [0.1, 0.15) is 0 Å². The Labute approximate surface area is 137 Å². The molecule has 0 aliphatic heterocycles. The van der Waals surface area contributed by atoms with E-state index in [0.717, 1.165) is 5.69 Å². The summed E-state index contributed by atoms with van der Waals surface area (Å²) in [5, 5.41) is 4.65. The first kappa shape index (κ1) is 17.4. The molecule has 6 nitrogen and oxygen atoms in total. The summed E-state index contributed by atoms with van der Waals surface area (Å²) in [6.45, 7) is 11.1. The zero-order chi connectivity index (χ0) is 17.4. The van der Waals surface area contributed by atoms with E-state index in [1.165, 1.54) is 0 Å². The fraction of sp³-hybridized carbons (Fsp3) is 0.588. The largest absolute Gasteiger partial charge is 0.341 e. The summed E-state index contributed by atoms with van der Waals surface area (Å²) >= 11 is 0. The van der Waals surface area contributed by atoms with Crippen molar-refractivity contribution in [1.82, 2.24) is 15.0 Å². The Bertz CT molecular complexity index is 719. The highest BCUT2D eigenvalue weighted by atomic mass is 16.5. The lowest BCUT2D eigenvalue weighted by molar-refractivity contribution is 0.0742. The number of carbonyl (C=O) groups excluding carboxylic acids is 1. The Morgan fingerprint density at radius 1 is 1.43 bits per heavy atom. The van der Waals surface area contributed by atoms with Crippen molar-refractivity contribution >= 4 is 17.0 Å². The van der Waals surface area contributed by atoms with Gasteiger partial charge in [0.2, 0.25) is 0 Å². The van der Waals surface area contributed by atoms with Gasteiger partial charge in [-0.15, -0.1) is 0 Å². The van der Waals surface area contributed by atoms with E-state index in [2.05, 4.69) is 10.1 Å². The van der Waals surface area contributed by atoms with E-state index in [1.807, 2.05) is 40.7 Å². The second kappa shape index (κ2) is 6.28. The molecular weight excluding hydrogens is 292 g/mol. The Kier molecular flexibility index (Phi) is 4.75. The standard InChI is InChI=1S/C17H26N4O2/c1-10(2)13-7-12(14-11(3)20-23-15(14)19-13)16(22)21(6)9-17(4,5)8-18/h7,10H,8-9,18H2,1-6H3. The number of rotatable bonds is 5. The number of hydrogen-bond acceptors (Lipinski definition) is 5. The van der Waals surface area contributed by atoms with E-state index in [0.29, 0.717) is 35.4 Å². The lowest BCUT2D eigenvalue weighted by atomic mass is 9.93. The van der Waals surface area contributed by atoms with Crippen LogP contribution in [0.5, 0.6) is 0 Å². The number of nitrogens with two attached hydrogens (primary N) is 1. The number of aromatic nitrogens is 2. The second-order valence-electron chi connectivity index (χ2n) is 7.23. The van der Waals surface area contributed by atoms with Gasteiger partial charge in [0.15, 0.2) is 0 Å². The Hall–Kier alpha value is -1.95. The van der Waals surface area contributed by atoms with Crippen LogP contribution >= 0.6 is 0 Å². The van der Waals surface area contributed by atoms with Crippen molar-refractivity contribution in [3.63, 3.8) is 0 Å². The molecule has 1 amide bonds. The smallest absolute Gasteiger partial charge is 0.259 e. The highest BCUT2D eigenvalue weighted by Gasteiger charge is 2.25. The van der Waals surface area contributed by atoms with Crippen LogP contribution in [0.2, 0.25) is 0 Å². The van der Waals surface area contributed by atoms with Crippen LogP contribution in [-0.2, 0) is 0 Å². The molecule has 0 saturated heterocycles. The molecule has 0 atom stereocenters. The average molecular weight is 318 g/mol. The number of pyridine rings is 1. The van der Waals surface area contributed by atoms with Crippen molar-refractivity contribution < 1.29 is 9.32 Å². The van der Waals surface area contributed by atoms with Crippen molar-refractivity contribution in [2.45, 2.75) is 40.5 Å². The van der Waals surface area contributed by atoms with Crippen molar-refractivity contribution in [3.8, 4) is 0 Å². The molecule has 0 fully saturated rings. The first-order valence-corrected chi connectivity index (χ1v) is 7.88. The molecule has 2 N–H and O–H groups in total. The molecular formula is C17H26N4O2. The first-order valence-electron chi connectivity index (χ1n) is 7.88. The zero-order valence-corrected chi connectivity index (χ0v) is 14.8. The molecule has 2 heterocycles. The maximum Gasteiger partial charge on any atom is 0.259 e. The van der Waals surface area contributed by atoms with Crippen molar-refractivity contribution in [1.29, 1.82) is 0 Å². The molecule has 0 saturated carbocycles. The molecule has 6 heteroatoms. The van der Waals surface area contributed by atoms with Gasteiger partial charge in [0.05, 0.1) is 16.6 Å². The summed E-state index contributed by atoms with van der Waals surface area (Å²) in [6, 6.07) is 1.85. The summed E-state index contributed by atoms with van der Waals surface area (Å²) in [6.07, 6.45) is 0. The fourth-order valence-electron chi connectivity index (χ4n) is 2.56. The minimum atomic E-state index is -0.138. The lowest BCUT2D eigenvalue weighted by Gasteiger charge is -2.29. The van der Waals surface area contributed by atoms with E-state index in [9.17, 15) is 4.79 Å². The van der Waals surface area contributed by atoms with Gasteiger partial charge in [-0.25, -0.2) is 4.98 Å². The maximum atomic E-state index is 13.0. The molecule has 2 aromatic heterocycles. The number of nitrogens with zero attached hydrogens (tertiary/aromatic N) is 3. The summed E-state index contributed by atoms with van der Waals surface area (Å²) in [7, 11) is 1.80. The average Bonchev–Trinajstić information content (AvgIpc) is 2.86. The Morgan fingerprint density at radius 3 is 2.65 bits per heavy atom. The van der Waals surface area contributed by atoms with E-state index in [1.54, 1.807) is 11.9 Å².